The van der Waals surface area contributed by atoms with E-state index >= 15 is 0 Å². The molecular formula is C34H42N4O6. The fraction of sp³-hybridized carbons (Fsp3) is 0.412. The average molecular weight is 603 g/mol. The Morgan fingerprint density at radius 1 is 0.886 bits per heavy atom. The minimum atomic E-state index is -0.603. The number of hydrogen-bond acceptors (Lipinski definition) is 8. The molecule has 5 rings (SSSR count). The monoisotopic (exact) mass is 602 g/mol. The van der Waals surface area contributed by atoms with E-state index in [9.17, 15) is 19.8 Å². The van der Waals surface area contributed by atoms with Crippen LogP contribution in [0.15, 0.2) is 72.8 Å². The lowest BCUT2D eigenvalue weighted by Crippen LogP contribution is -2.42. The van der Waals surface area contributed by atoms with Gasteiger partial charge in [-0.05, 0) is 61.2 Å². The summed E-state index contributed by atoms with van der Waals surface area (Å²) in [6.07, 6.45) is 2.64. The lowest BCUT2D eigenvalue weighted by atomic mass is 9.99. The Morgan fingerprint density at radius 2 is 1.59 bits per heavy atom. The van der Waals surface area contributed by atoms with Crippen molar-refractivity contribution in [2.45, 2.75) is 69.7 Å². The lowest BCUT2D eigenvalue weighted by Gasteiger charge is -2.38. The summed E-state index contributed by atoms with van der Waals surface area (Å²) >= 11 is 0. The topological polar surface area (TPSA) is 146 Å². The third-order valence-electron chi connectivity index (χ3n) is 8.27. The number of carbonyl (C=O) groups is 2. The summed E-state index contributed by atoms with van der Waals surface area (Å²) < 4.78 is 12.9. The molecule has 0 unspecified atom stereocenters. The second-order valence-electron chi connectivity index (χ2n) is 11.5. The summed E-state index contributed by atoms with van der Waals surface area (Å²) in [5, 5.41) is 24.9. The second-order valence-corrected chi connectivity index (χ2v) is 11.5. The molecule has 4 atom stereocenters. The number of carbonyl (C=O) groups excluding carboxylic acids is 2. The van der Waals surface area contributed by atoms with Crippen molar-refractivity contribution in [3.63, 3.8) is 0 Å². The number of aliphatic hydroxyl groups is 2. The molecular weight excluding hydrogens is 560 g/mol. The maximum Gasteiger partial charge on any atom is 0.224 e. The van der Waals surface area contributed by atoms with E-state index in [0.29, 0.717) is 36.4 Å². The van der Waals surface area contributed by atoms with Gasteiger partial charge < -0.3 is 36.1 Å². The number of nitrogens with zero attached hydrogens (tertiary/aromatic N) is 1. The first kappa shape index (κ1) is 31.6. The zero-order valence-electron chi connectivity index (χ0n) is 24.9. The van der Waals surface area contributed by atoms with E-state index in [-0.39, 0.29) is 56.1 Å². The van der Waals surface area contributed by atoms with E-state index in [1.807, 2.05) is 48.5 Å². The van der Waals surface area contributed by atoms with Gasteiger partial charge in [-0.15, -0.1) is 0 Å². The van der Waals surface area contributed by atoms with Crippen molar-refractivity contribution in [2.24, 2.45) is 0 Å². The molecule has 0 spiro atoms. The van der Waals surface area contributed by atoms with Gasteiger partial charge >= 0.3 is 0 Å². The molecule has 2 amide bonds. The molecule has 2 aliphatic heterocycles. The van der Waals surface area contributed by atoms with E-state index in [0.717, 1.165) is 36.1 Å². The third kappa shape index (κ3) is 8.43. The maximum atomic E-state index is 12.5. The number of nitrogen functional groups attached to an aromatic ring is 1. The van der Waals surface area contributed by atoms with E-state index in [1.54, 1.807) is 24.3 Å². The largest absolute Gasteiger partial charge is 0.397 e. The third-order valence-corrected chi connectivity index (χ3v) is 8.27. The fourth-order valence-corrected chi connectivity index (χ4v) is 5.82. The number of likely N-dealkylation sites (tertiary alicyclic amines) is 1. The van der Waals surface area contributed by atoms with Gasteiger partial charge in [-0.2, -0.15) is 0 Å². The van der Waals surface area contributed by atoms with Crippen LogP contribution in [0.2, 0.25) is 0 Å². The Kier molecular flexibility index (Phi) is 11.0. The zero-order valence-corrected chi connectivity index (χ0v) is 24.9. The molecule has 3 aromatic carbocycles. The van der Waals surface area contributed by atoms with Crippen LogP contribution < -0.4 is 16.4 Å². The Morgan fingerprint density at radius 3 is 2.30 bits per heavy atom. The summed E-state index contributed by atoms with van der Waals surface area (Å²) in [5.74, 6) is -0.365. The van der Waals surface area contributed by atoms with Crippen molar-refractivity contribution < 1.29 is 29.3 Å². The van der Waals surface area contributed by atoms with Gasteiger partial charge in [0.15, 0.2) is 6.29 Å². The highest BCUT2D eigenvalue weighted by Crippen LogP contribution is 2.39. The van der Waals surface area contributed by atoms with Gasteiger partial charge in [0.1, 0.15) is 0 Å². The van der Waals surface area contributed by atoms with Crippen LogP contribution >= 0.6 is 0 Å². The Bertz CT molecular complexity index is 1380. The number of para-hydroxylation sites is 2. The van der Waals surface area contributed by atoms with Gasteiger partial charge in [0.25, 0.3) is 0 Å². The molecule has 234 valence electrons. The Labute approximate surface area is 258 Å². The van der Waals surface area contributed by atoms with Crippen LogP contribution in [-0.4, -0.2) is 58.8 Å². The van der Waals surface area contributed by atoms with E-state index in [4.69, 9.17) is 15.2 Å². The predicted octanol–water partition coefficient (Wildman–Crippen LogP) is 4.51. The first-order valence-corrected chi connectivity index (χ1v) is 15.3. The highest BCUT2D eigenvalue weighted by atomic mass is 16.7. The molecule has 10 heteroatoms. The molecule has 44 heavy (non-hydrogen) atoms. The maximum absolute atomic E-state index is 12.5. The van der Waals surface area contributed by atoms with Crippen LogP contribution in [0.25, 0.3) is 0 Å². The van der Waals surface area contributed by atoms with Gasteiger partial charge in [-0.1, -0.05) is 48.5 Å². The van der Waals surface area contributed by atoms with Crippen LogP contribution in [0, 0.1) is 0 Å². The number of anilines is 3. The van der Waals surface area contributed by atoms with E-state index < -0.39 is 6.29 Å². The summed E-state index contributed by atoms with van der Waals surface area (Å²) in [4.78, 5) is 27.1. The van der Waals surface area contributed by atoms with Gasteiger partial charge in [-0.3, -0.25) is 14.5 Å². The summed E-state index contributed by atoms with van der Waals surface area (Å²) in [6, 6.07) is 22.4. The normalized spacial score (nSPS) is 22.0. The molecule has 2 heterocycles. The van der Waals surface area contributed by atoms with E-state index in [2.05, 4.69) is 15.5 Å². The smallest absolute Gasteiger partial charge is 0.224 e. The Hall–Kier alpha value is -3.80. The van der Waals surface area contributed by atoms with Crippen LogP contribution in [0.3, 0.4) is 0 Å². The minimum absolute atomic E-state index is 0.0142. The number of aliphatic hydroxyl groups excluding tert-OH is 2. The first-order chi connectivity index (χ1) is 21.4. The molecule has 6 N–H and O–H groups in total. The van der Waals surface area contributed by atoms with Crippen LogP contribution in [0.5, 0.6) is 0 Å². The van der Waals surface area contributed by atoms with Crippen molar-refractivity contribution >= 4 is 28.9 Å². The van der Waals surface area contributed by atoms with Crippen molar-refractivity contribution in [3.8, 4) is 0 Å². The van der Waals surface area contributed by atoms with Gasteiger partial charge in [-0.25, -0.2) is 0 Å². The SMILES string of the molecule is Nc1ccccc1NC(=O)CCCC(=O)Nc1ccc([C@@H]2O[C@H](CN3CCC[C@H]3CO)C[C@H](c3ccc(CO)cc3)O2)cc1. The molecule has 0 aliphatic carbocycles. The first-order valence-electron chi connectivity index (χ1n) is 15.3. The number of nitrogens with one attached hydrogen (secondary N) is 2. The standard InChI is InChI=1S/C34H42N4O6/c35-29-6-1-2-7-30(29)37-33(42)9-3-8-32(41)36-26-16-14-25(15-17-26)34-43-28(20-38-18-4-5-27(38)22-40)19-31(44-34)24-12-10-23(21-39)11-13-24/h1-2,6-7,10-17,27-28,31,34,39-40H,3-5,8-9,18-22,35H2,(H,36,41)(H,37,42)/t27-,28-,31+,34+/m0/s1. The lowest BCUT2D eigenvalue weighted by molar-refractivity contribution is -0.253. The van der Waals surface area contributed by atoms with Crippen LogP contribution in [0.1, 0.15) is 67.6 Å². The quantitative estimate of drug-likeness (QED) is 0.190. The average Bonchev–Trinajstić information content (AvgIpc) is 3.49. The van der Waals surface area contributed by atoms with Gasteiger partial charge in [0.05, 0.1) is 36.8 Å². The van der Waals surface area contributed by atoms with E-state index in [1.165, 1.54) is 0 Å². The molecule has 3 aromatic rings. The van der Waals surface area contributed by atoms with Crippen molar-refractivity contribution in [1.82, 2.24) is 4.90 Å². The molecule has 0 radical (unpaired) electrons. The molecule has 0 bridgehead atoms. The number of rotatable bonds is 12. The predicted molar refractivity (Wildman–Crippen MR) is 169 cm³/mol. The molecule has 2 saturated heterocycles. The van der Waals surface area contributed by atoms with Crippen LogP contribution in [0.4, 0.5) is 17.1 Å². The number of ether oxygens (including phenoxy) is 2. The highest BCUT2D eigenvalue weighted by Gasteiger charge is 2.35. The zero-order chi connectivity index (χ0) is 30.9. The number of nitrogens with two attached hydrogens (primary N) is 1. The summed E-state index contributed by atoms with van der Waals surface area (Å²) in [7, 11) is 0. The number of amides is 2. The highest BCUT2D eigenvalue weighted by molar-refractivity contribution is 5.94. The molecule has 2 aliphatic rings. The second kappa shape index (κ2) is 15.3. The number of hydrogen-bond donors (Lipinski definition) is 5. The van der Waals surface area contributed by atoms with Crippen molar-refractivity contribution in [3.05, 3.63) is 89.5 Å². The van der Waals surface area contributed by atoms with Crippen LogP contribution in [-0.2, 0) is 25.7 Å². The fourth-order valence-electron chi connectivity index (χ4n) is 5.82. The molecule has 0 aromatic heterocycles. The van der Waals surface area contributed by atoms with Crippen molar-refractivity contribution in [2.75, 3.05) is 36.1 Å². The molecule has 2 fully saturated rings. The number of benzene rings is 3. The van der Waals surface area contributed by atoms with Gasteiger partial charge in [0, 0.05) is 43.1 Å². The Balaban J connectivity index is 1.17. The summed E-state index contributed by atoms with van der Waals surface area (Å²) in [6.45, 7) is 1.77. The summed E-state index contributed by atoms with van der Waals surface area (Å²) in [5.41, 5.74) is 10.3. The van der Waals surface area contributed by atoms with Gasteiger partial charge in [0.2, 0.25) is 11.8 Å². The minimum Gasteiger partial charge on any atom is -0.397 e. The van der Waals surface area contributed by atoms with Crippen molar-refractivity contribution in [1.29, 1.82) is 0 Å². The molecule has 10 nitrogen and oxygen atoms in total. The molecule has 0 saturated carbocycles.